The molecule has 2 aliphatic rings. The van der Waals surface area contributed by atoms with Crippen LogP contribution in [-0.2, 0) is 16.1 Å². The average Bonchev–Trinajstić information content (AvgIpc) is 3.06. The zero-order valence-electron chi connectivity index (χ0n) is 14.4. The maximum absolute atomic E-state index is 12.6. The Hall–Kier alpha value is -1.47. The van der Waals surface area contributed by atoms with Crippen LogP contribution in [0.2, 0.25) is 0 Å². The molecule has 0 N–H and O–H groups in total. The van der Waals surface area contributed by atoms with Gasteiger partial charge in [0, 0.05) is 19.1 Å². The molecule has 23 heavy (non-hydrogen) atoms. The summed E-state index contributed by atoms with van der Waals surface area (Å²) in [7, 11) is 0. The fourth-order valence-corrected chi connectivity index (χ4v) is 3.56. The summed E-state index contributed by atoms with van der Waals surface area (Å²) in [5.41, 5.74) is 0. The van der Waals surface area contributed by atoms with Gasteiger partial charge in [0.2, 0.25) is 5.91 Å². The standard InChI is InChI=1S/C16H27N5O2/c1-12-9-20(7-8-23-12)16(22)11-19-6-4-5-15(19)10-21-14(3)17-13(2)18-21/h12,15H,4-11H2,1-3H3/t12-,15+/m0/s1. The first-order chi connectivity index (χ1) is 11.0. The Morgan fingerprint density at radius 2 is 2.17 bits per heavy atom. The molecule has 0 spiro atoms. The molecule has 1 aromatic heterocycles. The van der Waals surface area contributed by atoms with Crippen LogP contribution in [0.15, 0.2) is 0 Å². The zero-order chi connectivity index (χ0) is 16.4. The number of nitrogens with zero attached hydrogens (tertiary/aromatic N) is 5. The number of morpholine rings is 1. The van der Waals surface area contributed by atoms with Gasteiger partial charge in [-0.15, -0.1) is 0 Å². The minimum Gasteiger partial charge on any atom is -0.375 e. The number of aromatic nitrogens is 3. The minimum absolute atomic E-state index is 0.142. The normalized spacial score (nSPS) is 26.0. The molecule has 0 radical (unpaired) electrons. The van der Waals surface area contributed by atoms with E-state index in [1.54, 1.807) is 0 Å². The SMILES string of the molecule is Cc1nc(C)n(C[C@H]2CCCN2CC(=O)N2CCO[C@@H](C)C2)n1. The Kier molecular flexibility index (Phi) is 4.96. The van der Waals surface area contributed by atoms with Crippen molar-refractivity contribution in [2.24, 2.45) is 0 Å². The van der Waals surface area contributed by atoms with E-state index >= 15 is 0 Å². The lowest BCUT2D eigenvalue weighted by atomic mass is 10.2. The van der Waals surface area contributed by atoms with E-state index in [0.717, 1.165) is 37.6 Å². The van der Waals surface area contributed by atoms with E-state index in [4.69, 9.17) is 4.74 Å². The van der Waals surface area contributed by atoms with Crippen LogP contribution in [0.4, 0.5) is 0 Å². The smallest absolute Gasteiger partial charge is 0.236 e. The number of amides is 1. The van der Waals surface area contributed by atoms with Gasteiger partial charge in [-0.05, 0) is 40.2 Å². The van der Waals surface area contributed by atoms with Gasteiger partial charge in [-0.25, -0.2) is 9.67 Å². The second kappa shape index (κ2) is 6.97. The first kappa shape index (κ1) is 16.4. The second-order valence-electron chi connectivity index (χ2n) is 6.68. The highest BCUT2D eigenvalue weighted by molar-refractivity contribution is 5.78. The number of rotatable bonds is 4. The first-order valence-corrected chi connectivity index (χ1v) is 8.54. The van der Waals surface area contributed by atoms with Gasteiger partial charge >= 0.3 is 0 Å². The van der Waals surface area contributed by atoms with Gasteiger partial charge in [-0.2, -0.15) is 5.10 Å². The Labute approximate surface area is 137 Å². The highest BCUT2D eigenvalue weighted by Crippen LogP contribution is 2.19. The Morgan fingerprint density at radius 1 is 1.35 bits per heavy atom. The molecule has 0 aliphatic carbocycles. The van der Waals surface area contributed by atoms with Crippen LogP contribution in [0.25, 0.3) is 0 Å². The summed E-state index contributed by atoms with van der Waals surface area (Å²) in [6.45, 7) is 10.3. The lowest BCUT2D eigenvalue weighted by Crippen LogP contribution is -2.49. The number of ether oxygens (including phenoxy) is 1. The third-order valence-corrected chi connectivity index (χ3v) is 4.78. The molecular formula is C16H27N5O2. The van der Waals surface area contributed by atoms with Crippen molar-refractivity contribution in [3.05, 3.63) is 11.6 Å². The van der Waals surface area contributed by atoms with Crippen LogP contribution < -0.4 is 0 Å². The van der Waals surface area contributed by atoms with Crippen molar-refractivity contribution >= 4 is 5.91 Å². The number of likely N-dealkylation sites (tertiary alicyclic amines) is 1. The van der Waals surface area contributed by atoms with Crippen molar-refractivity contribution in [3.8, 4) is 0 Å². The van der Waals surface area contributed by atoms with Crippen molar-refractivity contribution in [1.82, 2.24) is 24.6 Å². The van der Waals surface area contributed by atoms with Gasteiger partial charge in [0.25, 0.3) is 0 Å². The summed E-state index contributed by atoms with van der Waals surface area (Å²) in [6.07, 6.45) is 2.40. The van der Waals surface area contributed by atoms with E-state index in [1.807, 2.05) is 30.4 Å². The number of hydrogen-bond acceptors (Lipinski definition) is 5. The molecule has 2 fully saturated rings. The summed E-state index contributed by atoms with van der Waals surface area (Å²) in [5, 5.41) is 4.45. The Balaban J connectivity index is 1.58. The molecule has 2 atom stereocenters. The van der Waals surface area contributed by atoms with Crippen LogP contribution in [0.5, 0.6) is 0 Å². The molecule has 3 rings (SSSR count). The fraction of sp³-hybridized carbons (Fsp3) is 0.812. The summed E-state index contributed by atoms with van der Waals surface area (Å²) >= 11 is 0. The summed E-state index contributed by atoms with van der Waals surface area (Å²) in [6, 6.07) is 0.372. The van der Waals surface area contributed by atoms with Crippen LogP contribution in [0.3, 0.4) is 0 Å². The first-order valence-electron chi connectivity index (χ1n) is 8.54. The molecule has 0 unspecified atom stereocenters. The monoisotopic (exact) mass is 321 g/mol. The van der Waals surface area contributed by atoms with E-state index in [1.165, 1.54) is 0 Å². The number of aryl methyl sites for hydroxylation is 2. The van der Waals surface area contributed by atoms with Crippen LogP contribution in [-0.4, -0.2) is 75.4 Å². The highest BCUT2D eigenvalue weighted by Gasteiger charge is 2.30. The number of carbonyl (C=O) groups is 1. The molecule has 128 valence electrons. The summed E-state index contributed by atoms with van der Waals surface area (Å²) in [5.74, 6) is 1.98. The summed E-state index contributed by atoms with van der Waals surface area (Å²) < 4.78 is 7.49. The largest absolute Gasteiger partial charge is 0.375 e. The van der Waals surface area contributed by atoms with E-state index in [2.05, 4.69) is 15.0 Å². The molecule has 0 bridgehead atoms. The molecule has 0 aromatic carbocycles. The van der Waals surface area contributed by atoms with Gasteiger partial charge in [-0.3, -0.25) is 9.69 Å². The van der Waals surface area contributed by atoms with Gasteiger partial charge in [0.1, 0.15) is 11.6 Å². The molecule has 2 aliphatic heterocycles. The van der Waals surface area contributed by atoms with Crippen LogP contribution in [0.1, 0.15) is 31.4 Å². The molecule has 0 saturated carbocycles. The van der Waals surface area contributed by atoms with Crippen molar-refractivity contribution in [2.45, 2.75) is 52.3 Å². The highest BCUT2D eigenvalue weighted by atomic mass is 16.5. The predicted molar refractivity (Wildman–Crippen MR) is 86.1 cm³/mol. The van der Waals surface area contributed by atoms with Crippen molar-refractivity contribution < 1.29 is 9.53 Å². The predicted octanol–water partition coefficient (Wildman–Crippen LogP) is 0.607. The molecular weight excluding hydrogens is 294 g/mol. The van der Waals surface area contributed by atoms with E-state index in [-0.39, 0.29) is 12.0 Å². The van der Waals surface area contributed by atoms with Gasteiger partial charge in [0.15, 0.2) is 0 Å². The lowest BCUT2D eigenvalue weighted by Gasteiger charge is -2.33. The van der Waals surface area contributed by atoms with Gasteiger partial charge in [-0.1, -0.05) is 0 Å². The average molecular weight is 321 g/mol. The third-order valence-electron chi connectivity index (χ3n) is 4.78. The van der Waals surface area contributed by atoms with E-state index < -0.39 is 0 Å². The van der Waals surface area contributed by atoms with Crippen molar-refractivity contribution in [1.29, 1.82) is 0 Å². The number of carbonyl (C=O) groups excluding carboxylic acids is 1. The van der Waals surface area contributed by atoms with Gasteiger partial charge < -0.3 is 9.64 Å². The third kappa shape index (κ3) is 3.90. The van der Waals surface area contributed by atoms with E-state index in [9.17, 15) is 4.79 Å². The zero-order valence-corrected chi connectivity index (χ0v) is 14.4. The topological polar surface area (TPSA) is 63.5 Å². The van der Waals surface area contributed by atoms with E-state index in [0.29, 0.717) is 32.3 Å². The maximum atomic E-state index is 12.6. The minimum atomic E-state index is 0.142. The van der Waals surface area contributed by atoms with Crippen LogP contribution in [0, 0.1) is 13.8 Å². The maximum Gasteiger partial charge on any atom is 0.236 e. The number of hydrogen-bond donors (Lipinski definition) is 0. The van der Waals surface area contributed by atoms with Gasteiger partial charge in [0.05, 0.1) is 25.8 Å². The molecule has 1 aromatic rings. The summed E-state index contributed by atoms with van der Waals surface area (Å²) in [4.78, 5) is 21.2. The molecule has 7 nitrogen and oxygen atoms in total. The van der Waals surface area contributed by atoms with Crippen molar-refractivity contribution in [3.63, 3.8) is 0 Å². The molecule has 2 saturated heterocycles. The Morgan fingerprint density at radius 3 is 2.87 bits per heavy atom. The second-order valence-corrected chi connectivity index (χ2v) is 6.68. The Bertz CT molecular complexity index is 559. The molecule has 1 amide bonds. The molecule has 7 heteroatoms. The van der Waals surface area contributed by atoms with Crippen LogP contribution >= 0.6 is 0 Å². The quantitative estimate of drug-likeness (QED) is 0.813. The fourth-order valence-electron chi connectivity index (χ4n) is 3.56. The molecule has 3 heterocycles. The van der Waals surface area contributed by atoms with Crippen molar-refractivity contribution in [2.75, 3.05) is 32.8 Å². The lowest BCUT2D eigenvalue weighted by molar-refractivity contribution is -0.139.